The molecule has 11 heteroatoms. The summed E-state index contributed by atoms with van der Waals surface area (Å²) in [5.74, 6) is -0.373. The second kappa shape index (κ2) is 12.7. The summed E-state index contributed by atoms with van der Waals surface area (Å²) < 4.78 is 34.2. The largest absolute Gasteiger partial charge is 0.488 e. The van der Waals surface area contributed by atoms with Gasteiger partial charge in [-0.25, -0.2) is 13.2 Å². The monoisotopic (exact) mass is 580 g/mol. The Kier molecular flexibility index (Phi) is 9.31. The third kappa shape index (κ3) is 7.05. The topological polar surface area (TPSA) is 128 Å². The van der Waals surface area contributed by atoms with Crippen LogP contribution in [0.5, 0.6) is 5.75 Å². The Balaban J connectivity index is 1.61. The predicted molar refractivity (Wildman–Crippen MR) is 158 cm³/mol. The quantitative estimate of drug-likeness (QED) is 0.367. The van der Waals surface area contributed by atoms with Crippen LogP contribution in [0, 0.1) is 12.8 Å². The molecule has 0 saturated heterocycles. The van der Waals surface area contributed by atoms with E-state index in [0.29, 0.717) is 11.4 Å². The van der Waals surface area contributed by atoms with Gasteiger partial charge in [0.25, 0.3) is 5.91 Å². The Labute approximate surface area is 241 Å². The van der Waals surface area contributed by atoms with E-state index in [0.717, 1.165) is 5.56 Å². The molecule has 1 heterocycles. The van der Waals surface area contributed by atoms with E-state index < -0.39 is 28.2 Å². The van der Waals surface area contributed by atoms with Gasteiger partial charge in [-0.1, -0.05) is 42.8 Å². The Bertz CT molecular complexity index is 1480. The molecule has 3 aromatic carbocycles. The summed E-state index contributed by atoms with van der Waals surface area (Å²) in [6.07, 6.45) is -0.611. The fraction of sp³-hybridized carbons (Fsp3) is 0.333. The molecule has 0 aliphatic carbocycles. The number of aryl methyl sites for hydroxylation is 1. The number of anilines is 2. The minimum absolute atomic E-state index is 0.0336. The summed E-state index contributed by atoms with van der Waals surface area (Å²) in [4.78, 5) is 28.0. The van der Waals surface area contributed by atoms with Crippen LogP contribution in [0.15, 0.2) is 77.7 Å². The van der Waals surface area contributed by atoms with Crippen molar-refractivity contribution >= 4 is 33.3 Å². The fourth-order valence-electron chi connectivity index (χ4n) is 4.57. The average Bonchev–Trinajstić information content (AvgIpc) is 2.95. The Morgan fingerprint density at radius 1 is 1.07 bits per heavy atom. The lowest BCUT2D eigenvalue weighted by molar-refractivity contribution is 0.0387. The van der Waals surface area contributed by atoms with Gasteiger partial charge in [0.15, 0.2) is 0 Å². The predicted octanol–water partition coefficient (Wildman–Crippen LogP) is 4.18. The van der Waals surface area contributed by atoms with Crippen LogP contribution in [0.3, 0.4) is 0 Å². The van der Waals surface area contributed by atoms with Crippen molar-refractivity contribution in [3.8, 4) is 5.75 Å². The van der Waals surface area contributed by atoms with Gasteiger partial charge in [0.2, 0.25) is 10.0 Å². The van der Waals surface area contributed by atoms with Crippen LogP contribution in [0.2, 0.25) is 0 Å². The number of amides is 3. The van der Waals surface area contributed by atoms with Crippen molar-refractivity contribution in [1.82, 2.24) is 9.21 Å². The molecular weight excluding hydrogens is 544 g/mol. The van der Waals surface area contributed by atoms with Gasteiger partial charge in [-0.05, 0) is 56.3 Å². The maximum absolute atomic E-state index is 13.7. The molecule has 0 spiro atoms. The molecular formula is C30H36N4O6S. The van der Waals surface area contributed by atoms with Crippen LogP contribution in [-0.2, 0) is 10.0 Å². The van der Waals surface area contributed by atoms with Gasteiger partial charge in [-0.15, -0.1) is 0 Å². The highest BCUT2D eigenvalue weighted by Crippen LogP contribution is 2.31. The molecule has 41 heavy (non-hydrogen) atoms. The SMILES string of the molecule is Cc1ccc(S(=O)(=O)N(C)C[C@@H]2Oc3ccc(NC(=O)Nc4ccccc4)cc3C(=O)N([C@@H](C)CO)C[C@@H]2C)cc1. The first-order valence-corrected chi connectivity index (χ1v) is 14.8. The minimum Gasteiger partial charge on any atom is -0.488 e. The summed E-state index contributed by atoms with van der Waals surface area (Å²) in [5.41, 5.74) is 2.13. The van der Waals surface area contributed by atoms with Gasteiger partial charge in [-0.2, -0.15) is 4.31 Å². The van der Waals surface area contributed by atoms with Gasteiger partial charge in [0.1, 0.15) is 11.9 Å². The number of likely N-dealkylation sites (N-methyl/N-ethyl adjacent to an activating group) is 1. The highest BCUT2D eigenvalue weighted by Gasteiger charge is 2.35. The first kappa shape index (κ1) is 30.0. The van der Waals surface area contributed by atoms with Crippen LogP contribution < -0.4 is 15.4 Å². The van der Waals surface area contributed by atoms with Crippen molar-refractivity contribution in [1.29, 1.82) is 0 Å². The zero-order chi connectivity index (χ0) is 29.7. The molecule has 3 aromatic rings. The molecule has 10 nitrogen and oxygen atoms in total. The maximum Gasteiger partial charge on any atom is 0.323 e. The number of benzene rings is 3. The highest BCUT2D eigenvalue weighted by molar-refractivity contribution is 7.89. The summed E-state index contributed by atoms with van der Waals surface area (Å²) >= 11 is 0. The van der Waals surface area contributed by atoms with E-state index in [2.05, 4.69) is 10.6 Å². The second-order valence-electron chi connectivity index (χ2n) is 10.4. The van der Waals surface area contributed by atoms with Crippen LogP contribution in [0.25, 0.3) is 0 Å². The van der Waals surface area contributed by atoms with E-state index in [1.165, 1.54) is 17.4 Å². The summed E-state index contributed by atoms with van der Waals surface area (Å²) in [5, 5.41) is 15.4. The van der Waals surface area contributed by atoms with E-state index in [1.807, 2.05) is 19.9 Å². The molecule has 218 valence electrons. The van der Waals surface area contributed by atoms with E-state index in [4.69, 9.17) is 4.74 Å². The van der Waals surface area contributed by atoms with Crippen LogP contribution in [-0.4, -0.2) is 73.6 Å². The van der Waals surface area contributed by atoms with Gasteiger partial charge in [0, 0.05) is 30.9 Å². The summed E-state index contributed by atoms with van der Waals surface area (Å²) in [6, 6.07) is 19.3. The molecule has 0 radical (unpaired) electrons. The lowest BCUT2D eigenvalue weighted by Crippen LogP contribution is -2.50. The van der Waals surface area contributed by atoms with Gasteiger partial charge < -0.3 is 25.4 Å². The summed E-state index contributed by atoms with van der Waals surface area (Å²) in [7, 11) is -2.29. The van der Waals surface area contributed by atoms with Crippen LogP contribution in [0.4, 0.5) is 16.2 Å². The smallest absolute Gasteiger partial charge is 0.323 e. The number of nitrogens with one attached hydrogen (secondary N) is 2. The summed E-state index contributed by atoms with van der Waals surface area (Å²) in [6.45, 7) is 5.53. The molecule has 3 amide bonds. The van der Waals surface area contributed by atoms with Gasteiger partial charge in [-0.3, -0.25) is 4.79 Å². The molecule has 3 N–H and O–H groups in total. The van der Waals surface area contributed by atoms with Crippen molar-refractivity contribution in [2.45, 2.75) is 37.8 Å². The first-order valence-electron chi connectivity index (χ1n) is 13.4. The van der Waals surface area contributed by atoms with Crippen molar-refractivity contribution < 1.29 is 27.9 Å². The molecule has 0 aromatic heterocycles. The zero-order valence-corrected chi connectivity index (χ0v) is 24.4. The van der Waals surface area contributed by atoms with E-state index in [9.17, 15) is 23.1 Å². The second-order valence-corrected chi connectivity index (χ2v) is 12.4. The number of hydrogen-bond acceptors (Lipinski definition) is 6. The highest BCUT2D eigenvalue weighted by atomic mass is 32.2. The molecule has 1 aliphatic heterocycles. The number of para-hydroxylation sites is 1. The maximum atomic E-state index is 13.7. The Morgan fingerprint density at radius 3 is 2.39 bits per heavy atom. The lowest BCUT2D eigenvalue weighted by atomic mass is 9.99. The van der Waals surface area contributed by atoms with E-state index in [-0.39, 0.29) is 47.7 Å². The van der Waals surface area contributed by atoms with Crippen molar-refractivity contribution in [3.63, 3.8) is 0 Å². The number of fused-ring (bicyclic) bond motifs is 1. The number of rotatable bonds is 8. The number of nitrogens with zero attached hydrogens (tertiary/aromatic N) is 2. The normalized spacial score (nSPS) is 18.1. The fourth-order valence-corrected chi connectivity index (χ4v) is 5.76. The average molecular weight is 581 g/mol. The number of ether oxygens (including phenoxy) is 1. The van der Waals surface area contributed by atoms with Crippen molar-refractivity contribution in [2.24, 2.45) is 5.92 Å². The molecule has 0 saturated carbocycles. The Hall–Kier alpha value is -3.93. The molecule has 0 fully saturated rings. The Morgan fingerprint density at radius 2 is 1.73 bits per heavy atom. The number of carbonyl (C=O) groups is 2. The molecule has 4 rings (SSSR count). The number of aliphatic hydroxyl groups excluding tert-OH is 1. The molecule has 1 aliphatic rings. The van der Waals surface area contributed by atoms with E-state index >= 15 is 0 Å². The van der Waals surface area contributed by atoms with Crippen LogP contribution >= 0.6 is 0 Å². The van der Waals surface area contributed by atoms with Crippen molar-refractivity contribution in [3.05, 3.63) is 83.9 Å². The standard InChI is InChI=1S/C30H36N4O6S/c1-20-10-13-25(14-11-20)41(38,39)33(4)18-28-21(2)17-34(22(3)19-35)29(36)26-16-24(12-15-27(26)40-28)32-30(37)31-23-8-6-5-7-9-23/h5-16,21-22,28,35H,17-19H2,1-4H3,(H2,31,32,37)/t21-,22-,28-/m0/s1. The number of aliphatic hydroxyl groups is 1. The molecule has 3 atom stereocenters. The van der Waals surface area contributed by atoms with Gasteiger partial charge >= 0.3 is 6.03 Å². The van der Waals surface area contributed by atoms with Crippen LogP contribution in [0.1, 0.15) is 29.8 Å². The zero-order valence-electron chi connectivity index (χ0n) is 23.6. The first-order chi connectivity index (χ1) is 19.5. The molecule has 0 bridgehead atoms. The number of urea groups is 1. The number of hydrogen-bond donors (Lipinski definition) is 3. The third-order valence-electron chi connectivity index (χ3n) is 7.12. The third-order valence-corrected chi connectivity index (χ3v) is 8.96. The minimum atomic E-state index is -3.79. The number of carbonyl (C=O) groups excluding carboxylic acids is 2. The number of sulfonamides is 1. The molecule has 0 unspecified atom stereocenters. The van der Waals surface area contributed by atoms with E-state index in [1.54, 1.807) is 72.5 Å². The lowest BCUT2D eigenvalue weighted by Gasteiger charge is -2.38. The van der Waals surface area contributed by atoms with Crippen molar-refractivity contribution in [2.75, 3.05) is 37.4 Å². The van der Waals surface area contributed by atoms with Gasteiger partial charge in [0.05, 0.1) is 29.7 Å².